The molecule has 0 aliphatic rings. The summed E-state index contributed by atoms with van der Waals surface area (Å²) in [6, 6.07) is 12.0. The minimum atomic E-state index is -4.33. The summed E-state index contributed by atoms with van der Waals surface area (Å²) in [4.78, 5) is 4.00. The van der Waals surface area contributed by atoms with Gasteiger partial charge in [-0.05, 0) is 47.5 Å². The third-order valence-electron chi connectivity index (χ3n) is 3.04. The van der Waals surface area contributed by atoms with Crippen molar-refractivity contribution in [3.63, 3.8) is 0 Å². The number of benzene rings is 2. The molecule has 2 aromatic carbocycles. The van der Waals surface area contributed by atoms with Gasteiger partial charge in [0.05, 0.1) is 18.7 Å². The first-order valence-corrected chi connectivity index (χ1v) is 6.99. The number of ether oxygens (including phenoxy) is 1. The monoisotopic (exact) mass is 323 g/mol. The summed E-state index contributed by atoms with van der Waals surface area (Å²) in [6.07, 6.45) is -2.68. The van der Waals surface area contributed by atoms with Crippen LogP contribution in [0.5, 0.6) is 5.75 Å². The van der Waals surface area contributed by atoms with Crippen LogP contribution >= 0.6 is 0 Å². The van der Waals surface area contributed by atoms with E-state index >= 15 is 0 Å². The smallest absolute Gasteiger partial charge is 0.416 e. The first-order chi connectivity index (χ1) is 11.0. The van der Waals surface area contributed by atoms with E-state index < -0.39 is 11.7 Å². The Bertz CT molecular complexity index is 634. The van der Waals surface area contributed by atoms with Gasteiger partial charge in [-0.15, -0.1) is 0 Å². The Morgan fingerprint density at radius 3 is 2.22 bits per heavy atom. The van der Waals surface area contributed by atoms with Crippen LogP contribution in [0.2, 0.25) is 0 Å². The van der Waals surface area contributed by atoms with Crippen molar-refractivity contribution in [2.45, 2.75) is 12.8 Å². The molecule has 0 heterocycles. The molecule has 0 radical (unpaired) electrons. The second-order valence-corrected chi connectivity index (χ2v) is 4.81. The zero-order valence-corrected chi connectivity index (χ0v) is 12.3. The lowest BCUT2D eigenvalue weighted by Gasteiger charge is -2.09. The standard InChI is InChI=1S/C17H16F3NO2/c18-17(19,20)15-5-1-14(2-6-15)12-23-16-7-3-13(4-8-16)11-21-9-10-22/h1-8,11,22H,9-10,12H2. The fourth-order valence-electron chi connectivity index (χ4n) is 1.83. The number of hydrogen-bond acceptors (Lipinski definition) is 3. The normalized spacial score (nSPS) is 11.8. The first kappa shape index (κ1) is 17.0. The van der Waals surface area contributed by atoms with Gasteiger partial charge in [-0.25, -0.2) is 0 Å². The Kier molecular flexibility index (Phi) is 5.76. The van der Waals surface area contributed by atoms with E-state index in [0.29, 0.717) is 17.9 Å². The van der Waals surface area contributed by atoms with Crippen LogP contribution < -0.4 is 4.74 Å². The number of aliphatic hydroxyl groups excluding tert-OH is 1. The summed E-state index contributed by atoms with van der Waals surface area (Å²) in [5, 5.41) is 8.63. The maximum absolute atomic E-state index is 12.5. The third-order valence-corrected chi connectivity index (χ3v) is 3.04. The quantitative estimate of drug-likeness (QED) is 0.824. The minimum Gasteiger partial charge on any atom is -0.489 e. The molecule has 3 nitrogen and oxygen atoms in total. The second-order valence-electron chi connectivity index (χ2n) is 4.81. The number of aliphatic imine (C=N–C) groups is 1. The Labute approximate surface area is 132 Å². The average molecular weight is 323 g/mol. The van der Waals surface area contributed by atoms with Crippen molar-refractivity contribution in [2.24, 2.45) is 4.99 Å². The van der Waals surface area contributed by atoms with E-state index in [4.69, 9.17) is 9.84 Å². The van der Waals surface area contributed by atoms with Crippen molar-refractivity contribution in [1.82, 2.24) is 0 Å². The van der Waals surface area contributed by atoms with E-state index in [1.807, 2.05) is 12.1 Å². The number of rotatable bonds is 6. The molecule has 0 spiro atoms. The molecular formula is C17H16F3NO2. The molecule has 6 heteroatoms. The van der Waals surface area contributed by atoms with Crippen molar-refractivity contribution >= 4 is 6.21 Å². The van der Waals surface area contributed by atoms with Gasteiger partial charge in [0.2, 0.25) is 0 Å². The van der Waals surface area contributed by atoms with Crippen LogP contribution in [0.4, 0.5) is 13.2 Å². The van der Waals surface area contributed by atoms with Gasteiger partial charge in [0, 0.05) is 6.21 Å². The lowest BCUT2D eigenvalue weighted by atomic mass is 10.1. The fraction of sp³-hybridized carbons (Fsp3) is 0.235. The number of alkyl halides is 3. The van der Waals surface area contributed by atoms with Crippen molar-refractivity contribution in [2.75, 3.05) is 13.2 Å². The number of halogens is 3. The molecule has 0 aliphatic carbocycles. The molecular weight excluding hydrogens is 307 g/mol. The van der Waals surface area contributed by atoms with Crippen LogP contribution in [0.25, 0.3) is 0 Å². The molecule has 0 saturated heterocycles. The van der Waals surface area contributed by atoms with E-state index in [1.165, 1.54) is 12.1 Å². The van der Waals surface area contributed by atoms with Gasteiger partial charge < -0.3 is 9.84 Å². The molecule has 0 aliphatic heterocycles. The summed E-state index contributed by atoms with van der Waals surface area (Å²) in [5.41, 5.74) is 0.861. The number of aliphatic hydroxyl groups is 1. The van der Waals surface area contributed by atoms with E-state index in [-0.39, 0.29) is 13.2 Å². The summed E-state index contributed by atoms with van der Waals surface area (Å²) in [5.74, 6) is 0.615. The molecule has 2 aromatic rings. The Morgan fingerprint density at radius 2 is 1.65 bits per heavy atom. The van der Waals surface area contributed by atoms with Crippen molar-refractivity contribution in [3.05, 3.63) is 65.2 Å². The summed E-state index contributed by atoms with van der Waals surface area (Å²) < 4.78 is 42.9. The molecule has 2 rings (SSSR count). The molecule has 0 saturated carbocycles. The lowest BCUT2D eigenvalue weighted by Crippen LogP contribution is -2.05. The van der Waals surface area contributed by atoms with Crippen molar-refractivity contribution < 1.29 is 23.0 Å². The highest BCUT2D eigenvalue weighted by Crippen LogP contribution is 2.29. The highest BCUT2D eigenvalue weighted by molar-refractivity contribution is 5.79. The minimum absolute atomic E-state index is 0.00479. The maximum Gasteiger partial charge on any atom is 0.416 e. The highest BCUT2D eigenvalue weighted by Gasteiger charge is 2.29. The Morgan fingerprint density at radius 1 is 1.00 bits per heavy atom. The van der Waals surface area contributed by atoms with Gasteiger partial charge in [0.1, 0.15) is 12.4 Å². The summed E-state index contributed by atoms with van der Waals surface area (Å²) >= 11 is 0. The zero-order chi connectivity index (χ0) is 16.7. The average Bonchev–Trinajstić information content (AvgIpc) is 2.54. The zero-order valence-electron chi connectivity index (χ0n) is 12.3. The third kappa shape index (κ3) is 5.41. The number of nitrogens with zero attached hydrogens (tertiary/aromatic N) is 1. The SMILES string of the molecule is OCCN=Cc1ccc(OCc2ccc(C(F)(F)F)cc2)cc1. The van der Waals surface area contributed by atoms with Gasteiger partial charge in [-0.3, -0.25) is 4.99 Å². The van der Waals surface area contributed by atoms with E-state index in [0.717, 1.165) is 17.7 Å². The molecule has 0 unspecified atom stereocenters. The summed E-state index contributed by atoms with van der Waals surface area (Å²) in [7, 11) is 0. The largest absolute Gasteiger partial charge is 0.489 e. The van der Waals surface area contributed by atoms with Crippen molar-refractivity contribution in [3.8, 4) is 5.75 Å². The second kappa shape index (κ2) is 7.78. The van der Waals surface area contributed by atoms with Gasteiger partial charge >= 0.3 is 6.18 Å². The van der Waals surface area contributed by atoms with Crippen LogP contribution in [0.15, 0.2) is 53.5 Å². The van der Waals surface area contributed by atoms with Crippen LogP contribution in [0, 0.1) is 0 Å². The van der Waals surface area contributed by atoms with Crippen LogP contribution in [-0.4, -0.2) is 24.5 Å². The molecule has 23 heavy (non-hydrogen) atoms. The Balaban J connectivity index is 1.90. The first-order valence-electron chi connectivity index (χ1n) is 6.99. The molecule has 1 N–H and O–H groups in total. The molecule has 0 aromatic heterocycles. The lowest BCUT2D eigenvalue weighted by molar-refractivity contribution is -0.137. The molecule has 0 fully saturated rings. The van der Waals surface area contributed by atoms with Crippen molar-refractivity contribution in [1.29, 1.82) is 0 Å². The van der Waals surface area contributed by atoms with E-state index in [2.05, 4.69) is 4.99 Å². The number of hydrogen-bond donors (Lipinski definition) is 1. The molecule has 0 amide bonds. The predicted octanol–water partition coefficient (Wildman–Crippen LogP) is 3.70. The molecule has 0 atom stereocenters. The van der Waals surface area contributed by atoms with Crippen LogP contribution in [0.1, 0.15) is 16.7 Å². The van der Waals surface area contributed by atoms with Crippen LogP contribution in [0.3, 0.4) is 0 Å². The topological polar surface area (TPSA) is 41.8 Å². The molecule has 0 bridgehead atoms. The summed E-state index contributed by atoms with van der Waals surface area (Å²) in [6.45, 7) is 0.549. The highest BCUT2D eigenvalue weighted by atomic mass is 19.4. The van der Waals surface area contributed by atoms with E-state index in [9.17, 15) is 13.2 Å². The Hall–Kier alpha value is -2.34. The van der Waals surface area contributed by atoms with Gasteiger partial charge in [0.25, 0.3) is 0 Å². The van der Waals surface area contributed by atoms with Gasteiger partial charge in [0.15, 0.2) is 0 Å². The fourth-order valence-corrected chi connectivity index (χ4v) is 1.83. The van der Waals surface area contributed by atoms with Crippen LogP contribution in [-0.2, 0) is 12.8 Å². The van der Waals surface area contributed by atoms with Gasteiger partial charge in [-0.2, -0.15) is 13.2 Å². The van der Waals surface area contributed by atoms with Gasteiger partial charge in [-0.1, -0.05) is 12.1 Å². The maximum atomic E-state index is 12.5. The predicted molar refractivity (Wildman–Crippen MR) is 81.8 cm³/mol. The van der Waals surface area contributed by atoms with E-state index in [1.54, 1.807) is 18.3 Å². The molecule has 122 valence electrons.